The maximum atomic E-state index is 5.28. The summed E-state index contributed by atoms with van der Waals surface area (Å²) in [5.74, 6) is 0. The molecule has 12 aromatic heterocycles. The van der Waals surface area contributed by atoms with Crippen molar-refractivity contribution in [3.63, 3.8) is 0 Å². The Balaban J connectivity index is 0.000000108. The van der Waals surface area contributed by atoms with Gasteiger partial charge in [0, 0.05) is 104 Å². The maximum absolute atomic E-state index is 5.28. The normalized spacial score (nSPS) is 11.6. The molecule has 12 nitrogen and oxygen atoms in total. The van der Waals surface area contributed by atoms with Gasteiger partial charge in [-0.15, -0.1) is 0 Å². The van der Waals surface area contributed by atoms with E-state index in [2.05, 4.69) is 388 Å². The van der Waals surface area contributed by atoms with E-state index in [0.717, 1.165) is 168 Å². The Labute approximate surface area is 776 Å². The van der Waals surface area contributed by atoms with Gasteiger partial charge in [-0.1, -0.05) is 255 Å². The standard InChI is InChI=1S/3C41H26N4/c1-3-15-32-28(11-1)23-29-12-2-4-16-33(29)40(32)37-26-30(25-36(44-37)35-18-7-8-21-42-35)27-13-9-14-31(24-27)45-38-19-6-5-17-34(38)41-39(45)20-10-22-43-41;1-3-14-32-28(10-1)22-29-11-2-4-15-33(29)41(32)38-25-30(24-37(44-38)36-17-7-8-20-43-36)27-12-9-13-31(23-27)45-39-18-6-5-16-34(39)35-26-42-21-19-40(35)45;1-3-14-32-28(10-1)22-29-11-2-4-15-33(29)41(32)38-25-30(24-37(44-38)36-17-7-8-20-43-36)27-12-9-13-31(23-27)45-39-18-6-5-16-34(39)35-19-21-42-26-40(35)45/h3*1-26H. The number of hydrogen-bond donors (Lipinski definition) is 0. The summed E-state index contributed by atoms with van der Waals surface area (Å²) >= 11 is 0. The number of hydrogen-bond acceptors (Lipinski definition) is 9. The number of para-hydroxylation sites is 3. The Morgan fingerprint density at radius 1 is 0.156 bits per heavy atom. The molecule has 0 aliphatic rings. The zero-order chi connectivity index (χ0) is 89.2. The van der Waals surface area contributed by atoms with Gasteiger partial charge in [-0.25, -0.2) is 15.0 Å². The second-order valence-corrected chi connectivity index (χ2v) is 34.0. The first-order chi connectivity index (χ1) is 66.9. The van der Waals surface area contributed by atoms with Crippen molar-refractivity contribution in [1.29, 1.82) is 0 Å². The van der Waals surface area contributed by atoms with Gasteiger partial charge in [0.2, 0.25) is 0 Å². The fraction of sp³-hybridized carbons (Fsp3) is 0. The van der Waals surface area contributed by atoms with Crippen LogP contribution >= 0.6 is 0 Å². The molecule has 27 aromatic rings. The lowest BCUT2D eigenvalue weighted by Gasteiger charge is -2.15. The fourth-order valence-corrected chi connectivity index (χ4v) is 20.0. The Kier molecular flexibility index (Phi) is 19.6. The zero-order valence-corrected chi connectivity index (χ0v) is 72.9. The zero-order valence-electron chi connectivity index (χ0n) is 72.9. The molecule has 15 aromatic carbocycles. The van der Waals surface area contributed by atoms with Crippen molar-refractivity contribution >= 4 is 130 Å². The number of aromatic nitrogens is 12. The molecule has 0 saturated carbocycles. The fourth-order valence-electron chi connectivity index (χ4n) is 20.0. The van der Waals surface area contributed by atoms with E-state index in [1.807, 2.05) is 110 Å². The quantitative estimate of drug-likeness (QED) is 0.110. The molecule has 0 radical (unpaired) electrons. The van der Waals surface area contributed by atoms with Crippen molar-refractivity contribution in [1.82, 2.24) is 58.6 Å². The van der Waals surface area contributed by atoms with Crippen molar-refractivity contribution < 1.29 is 0 Å². The number of fused-ring (bicyclic) bond motifs is 15. The molecule has 12 heterocycles. The molecular weight excluding hydrogens is 1650 g/mol. The van der Waals surface area contributed by atoms with Gasteiger partial charge in [0.1, 0.15) is 0 Å². The summed E-state index contributed by atoms with van der Waals surface area (Å²) in [5, 5.41) is 20.1. The number of rotatable bonds is 12. The monoisotopic (exact) mass is 1720 g/mol. The highest BCUT2D eigenvalue weighted by atomic mass is 15.0. The van der Waals surface area contributed by atoms with Crippen molar-refractivity contribution in [2.24, 2.45) is 0 Å². The molecule has 0 unspecified atom stereocenters. The minimum absolute atomic E-state index is 0.839. The van der Waals surface area contributed by atoms with E-state index < -0.39 is 0 Å². The van der Waals surface area contributed by atoms with Crippen LogP contribution in [-0.4, -0.2) is 58.6 Å². The SMILES string of the molecule is c1ccc(-c2cc(-c3cccc(-n4c5ccccc5c5ccncc54)c3)cc(-c3c4ccccc4cc4ccccc34)n2)nc1.c1ccc(-c2cc(-c3cccc(-n4c5ccccc5c5cnccc54)c3)cc(-c3c4ccccc4cc4ccccc34)n2)nc1.c1ccc(-c2cc(-c3cccc(-n4c5ccccc5c5ncccc54)c3)cc(-c3c4ccccc4cc4ccccc34)n2)nc1. The Bertz CT molecular complexity index is 8170. The Hall–Kier alpha value is -18.4. The summed E-state index contributed by atoms with van der Waals surface area (Å²) < 4.78 is 6.94. The van der Waals surface area contributed by atoms with Crippen molar-refractivity contribution in [2.75, 3.05) is 0 Å². The largest absolute Gasteiger partial charge is 0.309 e. The van der Waals surface area contributed by atoms with Crippen LogP contribution in [-0.2, 0) is 0 Å². The number of pyridine rings is 9. The molecule has 0 bridgehead atoms. The minimum Gasteiger partial charge on any atom is -0.309 e. The lowest BCUT2D eigenvalue weighted by molar-refractivity contribution is 1.17. The van der Waals surface area contributed by atoms with Gasteiger partial charge in [-0.3, -0.25) is 29.9 Å². The van der Waals surface area contributed by atoms with Crippen LogP contribution in [0, 0.1) is 0 Å². The third-order valence-electron chi connectivity index (χ3n) is 26.0. The third kappa shape index (κ3) is 14.2. The average Bonchev–Trinajstić information content (AvgIpc) is 1.67. The summed E-state index contributed by atoms with van der Waals surface area (Å²) in [5.41, 5.74) is 28.8. The molecule has 27 rings (SSSR count). The molecule has 0 aliphatic heterocycles. The van der Waals surface area contributed by atoms with E-state index >= 15 is 0 Å². The van der Waals surface area contributed by atoms with Crippen LogP contribution in [0.25, 0.3) is 249 Å². The summed E-state index contributed by atoms with van der Waals surface area (Å²) in [6, 6.07) is 150. The molecule has 0 fully saturated rings. The summed E-state index contributed by atoms with van der Waals surface area (Å²) in [4.78, 5) is 43.6. The third-order valence-corrected chi connectivity index (χ3v) is 26.0. The maximum Gasteiger partial charge on any atom is 0.0963 e. The highest BCUT2D eigenvalue weighted by Gasteiger charge is 2.24. The smallest absolute Gasteiger partial charge is 0.0963 e. The number of benzene rings is 15. The Morgan fingerprint density at radius 2 is 0.452 bits per heavy atom. The molecule has 630 valence electrons. The van der Waals surface area contributed by atoms with E-state index in [0.29, 0.717) is 0 Å². The molecule has 0 N–H and O–H groups in total. The van der Waals surface area contributed by atoms with Crippen LogP contribution in [0.4, 0.5) is 0 Å². The lowest BCUT2D eigenvalue weighted by Crippen LogP contribution is -1.96. The first-order valence-electron chi connectivity index (χ1n) is 45.3. The van der Waals surface area contributed by atoms with Crippen LogP contribution in [0.2, 0.25) is 0 Å². The molecule has 0 spiro atoms. The highest BCUT2D eigenvalue weighted by molar-refractivity contribution is 6.17. The topological polar surface area (TPSA) is 131 Å². The molecule has 0 saturated heterocycles. The first kappa shape index (κ1) is 78.8. The molecular formula is C123H78N12. The van der Waals surface area contributed by atoms with Gasteiger partial charge in [0.15, 0.2) is 0 Å². The van der Waals surface area contributed by atoms with Gasteiger partial charge >= 0.3 is 0 Å². The van der Waals surface area contributed by atoms with Gasteiger partial charge < -0.3 is 13.7 Å². The minimum atomic E-state index is 0.839. The van der Waals surface area contributed by atoms with Crippen LogP contribution in [0.15, 0.2) is 474 Å². The summed E-state index contributed by atoms with van der Waals surface area (Å²) in [6.45, 7) is 0. The number of nitrogens with zero attached hydrogens (tertiary/aromatic N) is 12. The summed E-state index contributed by atoms with van der Waals surface area (Å²) in [7, 11) is 0. The highest BCUT2D eigenvalue weighted by Crippen LogP contribution is 2.46. The van der Waals surface area contributed by atoms with Gasteiger partial charge in [0.25, 0.3) is 0 Å². The van der Waals surface area contributed by atoms with Crippen LogP contribution in [0.1, 0.15) is 0 Å². The second kappa shape index (κ2) is 33.6. The van der Waals surface area contributed by atoms with E-state index in [9.17, 15) is 0 Å². The van der Waals surface area contributed by atoms with E-state index in [-0.39, 0.29) is 0 Å². The summed E-state index contributed by atoms with van der Waals surface area (Å²) in [6.07, 6.45) is 15.0. The second-order valence-electron chi connectivity index (χ2n) is 34.0. The van der Waals surface area contributed by atoms with E-state index in [1.165, 1.54) is 80.8 Å². The van der Waals surface area contributed by atoms with Crippen LogP contribution < -0.4 is 0 Å². The van der Waals surface area contributed by atoms with Gasteiger partial charge in [-0.05, 0) is 268 Å². The van der Waals surface area contributed by atoms with Crippen molar-refractivity contribution in [2.45, 2.75) is 0 Å². The molecule has 0 atom stereocenters. The lowest BCUT2D eigenvalue weighted by atomic mass is 9.93. The Morgan fingerprint density at radius 3 is 0.852 bits per heavy atom. The van der Waals surface area contributed by atoms with Gasteiger partial charge in [0.05, 0.1) is 96.1 Å². The molecule has 0 aliphatic carbocycles. The predicted molar refractivity (Wildman–Crippen MR) is 556 cm³/mol. The average molecular weight is 1720 g/mol. The van der Waals surface area contributed by atoms with Crippen molar-refractivity contribution in [3.05, 3.63) is 474 Å². The first-order valence-corrected chi connectivity index (χ1v) is 45.3. The predicted octanol–water partition coefficient (Wildman–Crippen LogP) is 30.8. The molecule has 0 amide bonds. The molecule has 135 heavy (non-hydrogen) atoms. The van der Waals surface area contributed by atoms with E-state index in [1.54, 1.807) is 0 Å². The van der Waals surface area contributed by atoms with Crippen LogP contribution in [0.5, 0.6) is 0 Å². The van der Waals surface area contributed by atoms with Gasteiger partial charge in [-0.2, -0.15) is 0 Å². The van der Waals surface area contributed by atoms with Crippen LogP contribution in [0.3, 0.4) is 0 Å². The van der Waals surface area contributed by atoms with Crippen molar-refractivity contribution in [3.8, 4) is 118 Å². The molecule has 12 heteroatoms. The van der Waals surface area contributed by atoms with E-state index in [4.69, 9.17) is 34.9 Å².